The van der Waals surface area contributed by atoms with Gasteiger partial charge in [0.1, 0.15) is 5.82 Å². The van der Waals surface area contributed by atoms with Crippen LogP contribution in [0, 0.1) is 0 Å². The molecule has 1 aliphatic rings. The van der Waals surface area contributed by atoms with Gasteiger partial charge in [-0.15, -0.1) is 0 Å². The Labute approximate surface area is 133 Å². The van der Waals surface area contributed by atoms with Gasteiger partial charge in [-0.2, -0.15) is 5.10 Å². The number of imidazole rings is 1. The monoisotopic (exact) mass is 309 g/mol. The number of rotatable bonds is 4. The molecule has 118 valence electrons. The Hall–Kier alpha value is -2.47. The van der Waals surface area contributed by atoms with E-state index in [9.17, 15) is 4.79 Å². The van der Waals surface area contributed by atoms with E-state index >= 15 is 0 Å². The zero-order valence-corrected chi connectivity index (χ0v) is 12.9. The summed E-state index contributed by atoms with van der Waals surface area (Å²) in [7, 11) is 0. The fourth-order valence-electron chi connectivity index (χ4n) is 3.31. The van der Waals surface area contributed by atoms with Crippen molar-refractivity contribution >= 4 is 11.0 Å². The van der Waals surface area contributed by atoms with Crippen molar-refractivity contribution in [3.8, 4) is 0 Å². The number of hydrogen-bond donors (Lipinski definition) is 1. The number of benzene rings is 1. The molecule has 0 aliphatic carbocycles. The number of hydrogen-bond acceptors (Lipinski definition) is 4. The van der Waals surface area contributed by atoms with E-state index in [4.69, 9.17) is 0 Å². The molecule has 1 saturated heterocycles. The average molecular weight is 309 g/mol. The molecule has 3 aromatic rings. The molecule has 1 N–H and O–H groups in total. The predicted octanol–water partition coefficient (Wildman–Crippen LogP) is 1.78. The number of para-hydroxylation sites is 2. The Morgan fingerprint density at radius 2 is 2.13 bits per heavy atom. The summed E-state index contributed by atoms with van der Waals surface area (Å²) >= 11 is 0. The number of likely N-dealkylation sites (tertiary alicyclic amines) is 1. The minimum atomic E-state index is -0.0388. The fraction of sp³-hybridized carbons (Fsp3) is 0.353. The first-order valence-electron chi connectivity index (χ1n) is 7.99. The van der Waals surface area contributed by atoms with Crippen LogP contribution in [-0.4, -0.2) is 37.2 Å². The van der Waals surface area contributed by atoms with Gasteiger partial charge in [0.2, 0.25) is 0 Å². The van der Waals surface area contributed by atoms with Gasteiger partial charge in [-0.05, 0) is 37.6 Å². The largest absolute Gasteiger partial charge is 0.341 e. The summed E-state index contributed by atoms with van der Waals surface area (Å²) in [5.74, 6) is 0.978. The van der Waals surface area contributed by atoms with Crippen LogP contribution in [0.25, 0.3) is 11.0 Å². The predicted molar refractivity (Wildman–Crippen MR) is 88.0 cm³/mol. The highest BCUT2D eigenvalue weighted by molar-refractivity contribution is 5.74. The van der Waals surface area contributed by atoms with Crippen molar-refractivity contribution in [1.29, 1.82) is 0 Å². The van der Waals surface area contributed by atoms with Gasteiger partial charge in [-0.3, -0.25) is 9.69 Å². The van der Waals surface area contributed by atoms with Gasteiger partial charge < -0.3 is 4.98 Å². The van der Waals surface area contributed by atoms with Crippen molar-refractivity contribution in [1.82, 2.24) is 24.6 Å². The van der Waals surface area contributed by atoms with E-state index in [1.54, 1.807) is 23.0 Å². The summed E-state index contributed by atoms with van der Waals surface area (Å²) in [6.07, 6.45) is 3.90. The number of H-pyrrole nitrogens is 1. The fourth-order valence-corrected chi connectivity index (χ4v) is 3.31. The number of nitrogens with one attached hydrogen (secondary N) is 1. The van der Waals surface area contributed by atoms with E-state index in [1.165, 1.54) is 0 Å². The molecule has 0 bridgehead atoms. The van der Waals surface area contributed by atoms with E-state index in [1.807, 2.05) is 24.3 Å². The second-order valence-electron chi connectivity index (χ2n) is 6.01. The number of aromatic amines is 1. The third-order valence-corrected chi connectivity index (χ3v) is 4.46. The molecule has 4 rings (SSSR count). The zero-order chi connectivity index (χ0) is 15.6. The number of aromatic nitrogens is 4. The second-order valence-corrected chi connectivity index (χ2v) is 6.01. The first-order valence-corrected chi connectivity index (χ1v) is 7.99. The lowest BCUT2D eigenvalue weighted by Crippen LogP contribution is -2.36. The Kier molecular flexibility index (Phi) is 3.67. The highest BCUT2D eigenvalue weighted by Gasteiger charge is 2.26. The summed E-state index contributed by atoms with van der Waals surface area (Å²) in [5, 5.41) is 4.17. The van der Waals surface area contributed by atoms with Crippen molar-refractivity contribution in [3.63, 3.8) is 0 Å². The lowest BCUT2D eigenvalue weighted by Gasteiger charge is -2.23. The van der Waals surface area contributed by atoms with Gasteiger partial charge in [0.05, 0.1) is 24.1 Å². The third kappa shape index (κ3) is 2.90. The van der Waals surface area contributed by atoms with Crippen molar-refractivity contribution in [2.24, 2.45) is 0 Å². The minimum Gasteiger partial charge on any atom is -0.341 e. The molecule has 0 spiro atoms. The summed E-state index contributed by atoms with van der Waals surface area (Å²) in [6, 6.07) is 11.6. The summed E-state index contributed by atoms with van der Waals surface area (Å²) in [6.45, 7) is 2.45. The van der Waals surface area contributed by atoms with E-state index in [2.05, 4.69) is 20.0 Å². The first-order chi connectivity index (χ1) is 11.3. The van der Waals surface area contributed by atoms with Crippen molar-refractivity contribution < 1.29 is 0 Å². The number of nitrogens with zero attached hydrogens (tertiary/aromatic N) is 4. The number of fused-ring (bicyclic) bond motifs is 1. The molecule has 2 aromatic heterocycles. The van der Waals surface area contributed by atoms with E-state index in [0.717, 1.165) is 42.8 Å². The SMILES string of the molecule is O=c1cccnn1CC1CCCN1Cc1nc2ccccc2[nH]1. The Morgan fingerprint density at radius 3 is 3.00 bits per heavy atom. The summed E-state index contributed by atoms with van der Waals surface area (Å²) in [5.41, 5.74) is 2.03. The topological polar surface area (TPSA) is 66.8 Å². The van der Waals surface area contributed by atoms with Crippen LogP contribution in [0.3, 0.4) is 0 Å². The van der Waals surface area contributed by atoms with Crippen LogP contribution in [0.2, 0.25) is 0 Å². The van der Waals surface area contributed by atoms with Crippen LogP contribution in [-0.2, 0) is 13.1 Å². The highest BCUT2D eigenvalue weighted by Crippen LogP contribution is 2.21. The van der Waals surface area contributed by atoms with E-state index in [0.29, 0.717) is 12.6 Å². The van der Waals surface area contributed by atoms with Gasteiger partial charge in [0.15, 0.2) is 0 Å². The van der Waals surface area contributed by atoms with Crippen molar-refractivity contribution in [2.45, 2.75) is 32.0 Å². The lowest BCUT2D eigenvalue weighted by molar-refractivity contribution is 0.212. The van der Waals surface area contributed by atoms with Crippen LogP contribution in [0.1, 0.15) is 18.7 Å². The zero-order valence-electron chi connectivity index (χ0n) is 12.9. The van der Waals surface area contributed by atoms with Crippen LogP contribution in [0.5, 0.6) is 0 Å². The second kappa shape index (κ2) is 5.96. The Morgan fingerprint density at radius 1 is 1.22 bits per heavy atom. The quantitative estimate of drug-likeness (QED) is 0.798. The average Bonchev–Trinajstić information content (AvgIpc) is 3.16. The van der Waals surface area contributed by atoms with Crippen molar-refractivity contribution in [2.75, 3.05) is 6.54 Å². The molecule has 6 heteroatoms. The van der Waals surface area contributed by atoms with Gasteiger partial charge in [0, 0.05) is 18.3 Å². The maximum Gasteiger partial charge on any atom is 0.266 e. The molecule has 0 amide bonds. The molecule has 1 aromatic carbocycles. The molecule has 1 aliphatic heterocycles. The van der Waals surface area contributed by atoms with Crippen LogP contribution < -0.4 is 5.56 Å². The van der Waals surface area contributed by atoms with Crippen LogP contribution >= 0.6 is 0 Å². The molecule has 6 nitrogen and oxygen atoms in total. The van der Waals surface area contributed by atoms with E-state index in [-0.39, 0.29) is 5.56 Å². The highest BCUT2D eigenvalue weighted by atomic mass is 16.1. The molecule has 0 saturated carbocycles. The molecule has 3 heterocycles. The first kappa shape index (κ1) is 14.1. The van der Waals surface area contributed by atoms with E-state index < -0.39 is 0 Å². The molecule has 1 atom stereocenters. The molecule has 0 radical (unpaired) electrons. The third-order valence-electron chi connectivity index (χ3n) is 4.46. The maximum absolute atomic E-state index is 11.9. The molecule has 1 unspecified atom stereocenters. The van der Waals surface area contributed by atoms with Gasteiger partial charge >= 0.3 is 0 Å². The summed E-state index contributed by atoms with van der Waals surface area (Å²) < 4.78 is 1.56. The van der Waals surface area contributed by atoms with Crippen LogP contribution in [0.15, 0.2) is 47.4 Å². The van der Waals surface area contributed by atoms with Gasteiger partial charge in [-0.25, -0.2) is 9.67 Å². The van der Waals surface area contributed by atoms with Crippen LogP contribution in [0.4, 0.5) is 0 Å². The Balaban J connectivity index is 1.51. The van der Waals surface area contributed by atoms with Crippen molar-refractivity contribution in [3.05, 3.63) is 58.8 Å². The molecule has 23 heavy (non-hydrogen) atoms. The van der Waals surface area contributed by atoms with Gasteiger partial charge in [0.25, 0.3) is 5.56 Å². The smallest absolute Gasteiger partial charge is 0.266 e. The Bertz CT molecular complexity index is 835. The minimum absolute atomic E-state index is 0.0388. The standard InChI is InChI=1S/C17H19N5O/c23-17-8-3-9-18-22(17)11-13-5-4-10-21(13)12-16-19-14-6-1-2-7-15(14)20-16/h1-3,6-9,13H,4-5,10-12H2,(H,19,20). The molecular formula is C17H19N5O. The maximum atomic E-state index is 11.9. The lowest BCUT2D eigenvalue weighted by atomic mass is 10.2. The normalized spacial score (nSPS) is 18.7. The van der Waals surface area contributed by atoms with Gasteiger partial charge in [-0.1, -0.05) is 12.1 Å². The molecule has 1 fully saturated rings. The molecular weight excluding hydrogens is 290 g/mol. The summed E-state index contributed by atoms with van der Waals surface area (Å²) in [4.78, 5) is 22.3.